The Labute approximate surface area is 120 Å². The minimum Gasteiger partial charge on any atom is -0.506 e. The number of pyridine rings is 1. The van der Waals surface area contributed by atoms with Crippen molar-refractivity contribution in [1.82, 2.24) is 4.98 Å². The van der Waals surface area contributed by atoms with E-state index in [2.05, 4.69) is 10.3 Å². The molecule has 0 radical (unpaired) electrons. The van der Waals surface area contributed by atoms with E-state index in [4.69, 9.17) is 10.8 Å². The maximum atomic E-state index is 11.9. The van der Waals surface area contributed by atoms with Gasteiger partial charge in [0.25, 0.3) is 0 Å². The van der Waals surface area contributed by atoms with Crippen molar-refractivity contribution in [1.29, 1.82) is 0 Å². The average Bonchev–Trinajstić information content (AvgIpc) is 2.43. The summed E-state index contributed by atoms with van der Waals surface area (Å²) in [5.74, 6) is -1.78. The fourth-order valence-corrected chi connectivity index (χ4v) is 1.67. The molecule has 1 heterocycles. The average molecular weight is 287 g/mol. The van der Waals surface area contributed by atoms with Gasteiger partial charge in [-0.25, -0.2) is 4.79 Å². The number of nitrogen functional groups attached to an aromatic ring is 1. The molecule has 2 rings (SSSR count). The van der Waals surface area contributed by atoms with Gasteiger partial charge in [-0.15, -0.1) is 0 Å². The summed E-state index contributed by atoms with van der Waals surface area (Å²) >= 11 is 0. The molecule has 0 fully saturated rings. The van der Waals surface area contributed by atoms with Crippen LogP contribution in [0.15, 0.2) is 36.5 Å². The Morgan fingerprint density at radius 3 is 2.62 bits per heavy atom. The van der Waals surface area contributed by atoms with Crippen molar-refractivity contribution >= 4 is 23.3 Å². The smallest absolute Gasteiger partial charge is 0.335 e. The molecule has 0 saturated heterocycles. The van der Waals surface area contributed by atoms with Crippen molar-refractivity contribution < 1.29 is 19.8 Å². The molecule has 0 saturated carbocycles. The highest BCUT2D eigenvalue weighted by atomic mass is 16.4. The van der Waals surface area contributed by atoms with Gasteiger partial charge in [-0.3, -0.25) is 9.78 Å². The van der Waals surface area contributed by atoms with Crippen LogP contribution in [0.4, 0.5) is 11.4 Å². The van der Waals surface area contributed by atoms with Crippen LogP contribution < -0.4 is 11.1 Å². The van der Waals surface area contributed by atoms with E-state index < -0.39 is 11.9 Å². The lowest BCUT2D eigenvalue weighted by Gasteiger charge is -2.08. The number of amides is 1. The molecule has 5 N–H and O–H groups in total. The van der Waals surface area contributed by atoms with Crippen LogP contribution in [0.5, 0.6) is 5.75 Å². The quantitative estimate of drug-likeness (QED) is 0.627. The molecule has 108 valence electrons. The lowest BCUT2D eigenvalue weighted by molar-refractivity contribution is -0.115. The molecule has 1 aromatic heterocycles. The van der Waals surface area contributed by atoms with E-state index in [0.717, 1.165) is 0 Å². The number of phenolic OH excluding ortho intramolecular Hbond substituents is 1. The topological polar surface area (TPSA) is 126 Å². The van der Waals surface area contributed by atoms with Crippen molar-refractivity contribution in [3.05, 3.63) is 47.8 Å². The van der Waals surface area contributed by atoms with Gasteiger partial charge in [0.15, 0.2) is 0 Å². The number of phenols is 1. The lowest BCUT2D eigenvalue weighted by Crippen LogP contribution is -2.15. The second-order valence-corrected chi connectivity index (χ2v) is 4.34. The lowest BCUT2D eigenvalue weighted by atomic mass is 10.1. The Morgan fingerprint density at radius 2 is 2.00 bits per heavy atom. The van der Waals surface area contributed by atoms with Crippen LogP contribution in [0.1, 0.15) is 16.1 Å². The molecule has 0 bridgehead atoms. The zero-order valence-corrected chi connectivity index (χ0v) is 10.9. The van der Waals surface area contributed by atoms with E-state index in [1.807, 2.05) is 0 Å². The van der Waals surface area contributed by atoms with E-state index in [1.54, 1.807) is 12.1 Å². The number of nitrogens with zero attached hydrogens (tertiary/aromatic N) is 1. The van der Waals surface area contributed by atoms with E-state index in [-0.39, 0.29) is 23.4 Å². The number of carbonyl (C=O) groups excluding carboxylic acids is 1. The summed E-state index contributed by atoms with van der Waals surface area (Å²) in [6.45, 7) is 0. The largest absolute Gasteiger partial charge is 0.506 e. The van der Waals surface area contributed by atoms with Gasteiger partial charge in [0, 0.05) is 5.69 Å². The number of benzene rings is 1. The summed E-state index contributed by atoms with van der Waals surface area (Å²) in [6, 6.07) is 6.88. The normalized spacial score (nSPS) is 10.1. The van der Waals surface area contributed by atoms with Crippen LogP contribution >= 0.6 is 0 Å². The number of hydrogen-bond acceptors (Lipinski definition) is 5. The number of carboxylic acids is 1. The molecule has 0 unspecified atom stereocenters. The molecule has 0 aliphatic rings. The molecule has 0 aliphatic heterocycles. The van der Waals surface area contributed by atoms with E-state index in [1.165, 1.54) is 24.4 Å². The number of nitrogens with one attached hydrogen (secondary N) is 1. The molecule has 7 heteroatoms. The highest BCUT2D eigenvalue weighted by Crippen LogP contribution is 2.24. The van der Waals surface area contributed by atoms with Gasteiger partial charge in [0.05, 0.1) is 29.6 Å². The number of carboxylic acid groups (broad SMARTS) is 1. The number of aromatic hydroxyl groups is 1. The Balaban J connectivity index is 2.10. The SMILES string of the molecule is Nc1ccc(CC(=O)Nc2cc(C(=O)O)ccc2O)nc1. The first-order chi connectivity index (χ1) is 9.95. The van der Waals surface area contributed by atoms with Crippen molar-refractivity contribution in [2.75, 3.05) is 11.1 Å². The van der Waals surface area contributed by atoms with E-state index in [9.17, 15) is 14.7 Å². The van der Waals surface area contributed by atoms with Crippen LogP contribution in [0.2, 0.25) is 0 Å². The van der Waals surface area contributed by atoms with E-state index in [0.29, 0.717) is 11.4 Å². The van der Waals surface area contributed by atoms with Gasteiger partial charge in [0.2, 0.25) is 5.91 Å². The predicted octanol–water partition coefficient (Wildman–Crippen LogP) is 1.25. The van der Waals surface area contributed by atoms with Crippen molar-refractivity contribution in [3.8, 4) is 5.75 Å². The molecular formula is C14H13N3O4. The molecule has 21 heavy (non-hydrogen) atoms. The number of hydrogen-bond donors (Lipinski definition) is 4. The van der Waals surface area contributed by atoms with Gasteiger partial charge >= 0.3 is 5.97 Å². The summed E-state index contributed by atoms with van der Waals surface area (Å²) in [4.78, 5) is 26.7. The first kappa shape index (κ1) is 14.3. The minimum atomic E-state index is -1.15. The summed E-state index contributed by atoms with van der Waals surface area (Å²) in [7, 11) is 0. The van der Waals surface area contributed by atoms with Crippen molar-refractivity contribution in [2.45, 2.75) is 6.42 Å². The van der Waals surface area contributed by atoms with Crippen LogP contribution in [0.25, 0.3) is 0 Å². The Bertz CT molecular complexity index is 683. The number of aromatic nitrogens is 1. The number of nitrogens with two attached hydrogens (primary N) is 1. The summed E-state index contributed by atoms with van der Waals surface area (Å²) in [6.07, 6.45) is 1.42. The highest BCUT2D eigenvalue weighted by Gasteiger charge is 2.11. The third-order valence-electron chi connectivity index (χ3n) is 2.71. The predicted molar refractivity (Wildman–Crippen MR) is 76.0 cm³/mol. The molecule has 7 nitrogen and oxygen atoms in total. The van der Waals surface area contributed by atoms with Gasteiger partial charge < -0.3 is 21.3 Å². The maximum Gasteiger partial charge on any atom is 0.335 e. The molecular weight excluding hydrogens is 274 g/mol. The first-order valence-electron chi connectivity index (χ1n) is 6.02. The number of rotatable bonds is 4. The van der Waals surface area contributed by atoms with Crippen LogP contribution in [0.3, 0.4) is 0 Å². The minimum absolute atomic E-state index is 0.0168. The second kappa shape index (κ2) is 5.91. The maximum absolute atomic E-state index is 11.9. The number of anilines is 2. The van der Waals surface area contributed by atoms with Crippen LogP contribution in [-0.2, 0) is 11.2 Å². The zero-order chi connectivity index (χ0) is 15.4. The second-order valence-electron chi connectivity index (χ2n) is 4.34. The van der Waals surface area contributed by atoms with Crippen LogP contribution in [-0.4, -0.2) is 27.1 Å². The Kier molecular flexibility index (Phi) is 4.03. The monoisotopic (exact) mass is 287 g/mol. The highest BCUT2D eigenvalue weighted by molar-refractivity contribution is 5.96. The fourth-order valence-electron chi connectivity index (χ4n) is 1.67. The molecule has 2 aromatic rings. The number of carbonyl (C=O) groups is 2. The van der Waals surface area contributed by atoms with Crippen LogP contribution in [0, 0.1) is 0 Å². The summed E-state index contributed by atoms with van der Waals surface area (Å²) in [5, 5.41) is 21.0. The van der Waals surface area contributed by atoms with Crippen molar-refractivity contribution in [2.24, 2.45) is 0 Å². The van der Waals surface area contributed by atoms with Crippen molar-refractivity contribution in [3.63, 3.8) is 0 Å². The van der Waals surface area contributed by atoms with Gasteiger partial charge in [-0.1, -0.05) is 0 Å². The molecule has 1 amide bonds. The standard InChI is InChI=1S/C14H13N3O4/c15-9-2-3-10(16-7-9)6-13(19)17-11-5-8(14(20)21)1-4-12(11)18/h1-5,7,18H,6,15H2,(H,17,19)(H,20,21). The Morgan fingerprint density at radius 1 is 1.24 bits per heavy atom. The molecule has 1 aromatic carbocycles. The molecule has 0 aliphatic carbocycles. The summed E-state index contributed by atoms with van der Waals surface area (Å²) < 4.78 is 0. The third-order valence-corrected chi connectivity index (χ3v) is 2.71. The first-order valence-corrected chi connectivity index (χ1v) is 6.02. The third kappa shape index (κ3) is 3.69. The number of aromatic carboxylic acids is 1. The molecule has 0 atom stereocenters. The summed E-state index contributed by atoms with van der Waals surface area (Å²) in [5.41, 5.74) is 6.50. The van der Waals surface area contributed by atoms with Gasteiger partial charge in [-0.05, 0) is 30.3 Å². The van der Waals surface area contributed by atoms with E-state index >= 15 is 0 Å². The Hall–Kier alpha value is -3.09. The molecule has 0 spiro atoms. The van der Waals surface area contributed by atoms with Gasteiger partial charge in [-0.2, -0.15) is 0 Å². The zero-order valence-electron chi connectivity index (χ0n) is 10.9. The van der Waals surface area contributed by atoms with Gasteiger partial charge in [0.1, 0.15) is 5.75 Å². The fraction of sp³-hybridized carbons (Fsp3) is 0.0714.